The minimum absolute atomic E-state index is 0.239. The van der Waals surface area contributed by atoms with Gasteiger partial charge in [0.2, 0.25) is 0 Å². The van der Waals surface area contributed by atoms with Gasteiger partial charge in [-0.1, -0.05) is 6.08 Å². The van der Waals surface area contributed by atoms with Crippen LogP contribution in [0.5, 0.6) is 0 Å². The van der Waals surface area contributed by atoms with Crippen LogP contribution in [0.4, 0.5) is 0 Å². The topological polar surface area (TPSA) is 45.1 Å². The standard InChI is InChI=1S/C7H11ClN2O/c8-7(9)11-5-6-2-1-3-10-4-6/h2,9-10H,1,3-5H2. The molecule has 0 saturated heterocycles. The maximum absolute atomic E-state index is 6.81. The van der Waals surface area contributed by atoms with Crippen molar-refractivity contribution in [2.75, 3.05) is 19.7 Å². The van der Waals surface area contributed by atoms with Gasteiger partial charge in [-0.3, -0.25) is 5.41 Å². The van der Waals surface area contributed by atoms with Crippen molar-refractivity contribution in [2.45, 2.75) is 6.42 Å². The third-order valence-electron chi connectivity index (χ3n) is 1.49. The zero-order valence-electron chi connectivity index (χ0n) is 6.19. The smallest absolute Gasteiger partial charge is 0.279 e. The van der Waals surface area contributed by atoms with Crippen LogP contribution >= 0.6 is 11.6 Å². The molecular weight excluding hydrogens is 164 g/mol. The summed E-state index contributed by atoms with van der Waals surface area (Å²) < 4.78 is 4.82. The highest BCUT2D eigenvalue weighted by Crippen LogP contribution is 2.01. The molecular formula is C7H11ClN2O. The van der Waals surface area contributed by atoms with Crippen molar-refractivity contribution in [3.63, 3.8) is 0 Å². The molecule has 62 valence electrons. The van der Waals surface area contributed by atoms with Gasteiger partial charge in [-0.25, -0.2) is 0 Å². The van der Waals surface area contributed by atoms with Gasteiger partial charge >= 0.3 is 0 Å². The number of ether oxygens (including phenoxy) is 1. The van der Waals surface area contributed by atoms with Crippen LogP contribution in [-0.4, -0.2) is 25.1 Å². The first-order valence-corrected chi connectivity index (χ1v) is 3.92. The Morgan fingerprint density at radius 1 is 1.82 bits per heavy atom. The van der Waals surface area contributed by atoms with Crippen LogP contribution in [0.1, 0.15) is 6.42 Å². The maximum atomic E-state index is 6.81. The minimum atomic E-state index is -0.239. The third-order valence-corrected chi connectivity index (χ3v) is 1.60. The number of halogens is 1. The van der Waals surface area contributed by atoms with Gasteiger partial charge in [0.05, 0.1) is 0 Å². The molecule has 1 aliphatic rings. The Hall–Kier alpha value is -0.540. The molecule has 0 fully saturated rings. The van der Waals surface area contributed by atoms with Crippen LogP contribution in [-0.2, 0) is 4.74 Å². The van der Waals surface area contributed by atoms with E-state index >= 15 is 0 Å². The van der Waals surface area contributed by atoms with Crippen LogP contribution in [0.2, 0.25) is 0 Å². The second kappa shape index (κ2) is 4.36. The molecule has 3 nitrogen and oxygen atoms in total. The lowest BCUT2D eigenvalue weighted by Crippen LogP contribution is -2.24. The van der Waals surface area contributed by atoms with Crippen molar-refractivity contribution in [2.24, 2.45) is 0 Å². The molecule has 0 aromatic carbocycles. The van der Waals surface area contributed by atoms with Gasteiger partial charge in [0, 0.05) is 6.54 Å². The fraction of sp³-hybridized carbons (Fsp3) is 0.571. The van der Waals surface area contributed by atoms with E-state index in [1.54, 1.807) is 0 Å². The highest BCUT2D eigenvalue weighted by atomic mass is 35.5. The van der Waals surface area contributed by atoms with Crippen molar-refractivity contribution in [1.82, 2.24) is 5.32 Å². The third kappa shape index (κ3) is 3.39. The zero-order chi connectivity index (χ0) is 8.10. The first-order chi connectivity index (χ1) is 5.29. The molecule has 1 heterocycles. The number of nitrogens with one attached hydrogen (secondary N) is 2. The lowest BCUT2D eigenvalue weighted by atomic mass is 10.2. The maximum Gasteiger partial charge on any atom is 0.279 e. The van der Waals surface area contributed by atoms with Crippen molar-refractivity contribution in [1.29, 1.82) is 5.41 Å². The van der Waals surface area contributed by atoms with E-state index in [9.17, 15) is 0 Å². The molecule has 1 aliphatic heterocycles. The fourth-order valence-corrected chi connectivity index (χ4v) is 1.02. The van der Waals surface area contributed by atoms with E-state index < -0.39 is 0 Å². The van der Waals surface area contributed by atoms with Crippen LogP contribution in [0.15, 0.2) is 11.6 Å². The van der Waals surface area contributed by atoms with Crippen LogP contribution < -0.4 is 5.32 Å². The van der Waals surface area contributed by atoms with Crippen molar-refractivity contribution in [3.8, 4) is 0 Å². The van der Waals surface area contributed by atoms with E-state index in [0.717, 1.165) is 19.5 Å². The first kappa shape index (κ1) is 8.56. The summed E-state index contributed by atoms with van der Waals surface area (Å²) in [5.74, 6) is 0. The van der Waals surface area contributed by atoms with E-state index in [-0.39, 0.29) is 5.36 Å². The van der Waals surface area contributed by atoms with E-state index in [4.69, 9.17) is 21.7 Å². The molecule has 0 amide bonds. The SMILES string of the molecule is N=C(Cl)OCC1=CCCNC1. The Balaban J connectivity index is 2.24. The molecule has 0 bridgehead atoms. The molecule has 0 spiro atoms. The van der Waals surface area contributed by atoms with Gasteiger partial charge < -0.3 is 10.1 Å². The number of rotatable bonds is 2. The van der Waals surface area contributed by atoms with Crippen LogP contribution in [0.25, 0.3) is 0 Å². The van der Waals surface area contributed by atoms with E-state index in [1.807, 2.05) is 0 Å². The summed E-state index contributed by atoms with van der Waals surface area (Å²) in [6.45, 7) is 2.32. The average molecular weight is 175 g/mol. The molecule has 1 rings (SSSR count). The largest absolute Gasteiger partial charge is 0.465 e. The van der Waals surface area contributed by atoms with Gasteiger partial charge in [0.15, 0.2) is 0 Å². The van der Waals surface area contributed by atoms with Crippen LogP contribution in [0, 0.1) is 5.41 Å². The summed E-state index contributed by atoms with van der Waals surface area (Å²) in [6.07, 6.45) is 3.16. The summed E-state index contributed by atoms with van der Waals surface area (Å²) in [4.78, 5) is 0. The van der Waals surface area contributed by atoms with Gasteiger partial charge in [-0.2, -0.15) is 0 Å². The van der Waals surface area contributed by atoms with E-state index in [1.165, 1.54) is 5.57 Å². The Bertz CT molecular complexity index is 179. The Labute approximate surface area is 70.9 Å². The molecule has 0 radical (unpaired) electrons. The second-order valence-corrected chi connectivity index (χ2v) is 2.73. The molecule has 0 aromatic rings. The summed E-state index contributed by atoms with van der Waals surface area (Å²) in [6, 6.07) is 0. The van der Waals surface area contributed by atoms with Crippen molar-refractivity contribution >= 4 is 17.0 Å². The molecule has 0 aromatic heterocycles. The summed E-state index contributed by atoms with van der Waals surface area (Å²) in [7, 11) is 0. The molecule has 11 heavy (non-hydrogen) atoms. The average Bonchev–Trinajstić information content (AvgIpc) is 2.03. The van der Waals surface area contributed by atoms with Crippen LogP contribution in [0.3, 0.4) is 0 Å². The Kier molecular flexibility index (Phi) is 3.39. The van der Waals surface area contributed by atoms with Gasteiger partial charge in [0.25, 0.3) is 5.36 Å². The summed E-state index contributed by atoms with van der Waals surface area (Å²) >= 11 is 5.21. The van der Waals surface area contributed by atoms with Crippen molar-refractivity contribution in [3.05, 3.63) is 11.6 Å². The van der Waals surface area contributed by atoms with Gasteiger partial charge in [0.1, 0.15) is 6.61 Å². The number of hydrogen-bond donors (Lipinski definition) is 2. The second-order valence-electron chi connectivity index (χ2n) is 2.39. The minimum Gasteiger partial charge on any atom is -0.465 e. The van der Waals surface area contributed by atoms with E-state index in [0.29, 0.717) is 6.61 Å². The predicted molar refractivity (Wildman–Crippen MR) is 45.1 cm³/mol. The zero-order valence-corrected chi connectivity index (χ0v) is 6.95. The lowest BCUT2D eigenvalue weighted by Gasteiger charge is -2.13. The fourth-order valence-electron chi connectivity index (χ4n) is 0.965. The van der Waals surface area contributed by atoms with E-state index in [2.05, 4.69) is 11.4 Å². The lowest BCUT2D eigenvalue weighted by molar-refractivity contribution is 0.339. The predicted octanol–water partition coefficient (Wildman–Crippen LogP) is 1.10. The Morgan fingerprint density at radius 3 is 3.18 bits per heavy atom. The monoisotopic (exact) mass is 174 g/mol. The molecule has 0 aliphatic carbocycles. The highest BCUT2D eigenvalue weighted by molar-refractivity contribution is 6.61. The Morgan fingerprint density at radius 2 is 2.64 bits per heavy atom. The first-order valence-electron chi connectivity index (χ1n) is 3.54. The normalized spacial score (nSPS) is 17.4. The van der Waals surface area contributed by atoms with Crippen molar-refractivity contribution < 1.29 is 4.74 Å². The quantitative estimate of drug-likeness (QED) is 0.374. The molecule has 2 N–H and O–H groups in total. The number of hydrogen-bond acceptors (Lipinski definition) is 3. The summed E-state index contributed by atoms with van der Waals surface area (Å²) in [5, 5.41) is 9.77. The molecule has 0 atom stereocenters. The van der Waals surface area contributed by atoms with Gasteiger partial charge in [-0.05, 0) is 30.1 Å². The molecule has 0 unspecified atom stereocenters. The molecule has 4 heteroatoms. The molecule has 0 saturated carbocycles. The van der Waals surface area contributed by atoms with Gasteiger partial charge in [-0.15, -0.1) is 0 Å². The summed E-state index contributed by atoms with van der Waals surface area (Å²) in [5.41, 5.74) is 1.17. The highest BCUT2D eigenvalue weighted by Gasteiger charge is 2.02.